The lowest BCUT2D eigenvalue weighted by atomic mass is 9.86. The number of hydrogen-bond acceptors (Lipinski definition) is 1. The lowest BCUT2D eigenvalue weighted by Crippen LogP contribution is -2.39. The molecular weight excluding hydrogens is 226 g/mol. The highest BCUT2D eigenvalue weighted by molar-refractivity contribution is 9.09. The Hall–Kier alpha value is 0.440. The van der Waals surface area contributed by atoms with Crippen LogP contribution >= 0.6 is 15.9 Å². The van der Waals surface area contributed by atoms with Crippen LogP contribution in [0.15, 0.2) is 0 Å². The number of rotatable bonds is 3. The van der Waals surface area contributed by atoms with Crippen LogP contribution in [0.4, 0.5) is 0 Å². The molecule has 0 heterocycles. The molecule has 0 aromatic heterocycles. The number of hydrogen-bond donors (Lipinski definition) is 0. The van der Waals surface area contributed by atoms with Crippen molar-refractivity contribution in [3.63, 3.8) is 0 Å². The fraction of sp³-hybridized carbons (Fsp3) is 1.00. The van der Waals surface area contributed by atoms with Crippen molar-refractivity contribution in [2.24, 2.45) is 5.92 Å². The maximum Gasteiger partial charge on any atom is 0.0186 e. The van der Waals surface area contributed by atoms with Crippen LogP contribution in [-0.2, 0) is 0 Å². The first kappa shape index (κ1) is 11.5. The van der Waals surface area contributed by atoms with Gasteiger partial charge in [-0.15, -0.1) is 0 Å². The maximum atomic E-state index is 3.79. The molecule has 1 aliphatic carbocycles. The van der Waals surface area contributed by atoms with Crippen LogP contribution in [0.25, 0.3) is 0 Å². The van der Waals surface area contributed by atoms with E-state index in [9.17, 15) is 0 Å². The molecule has 13 heavy (non-hydrogen) atoms. The average Bonchev–Trinajstić information content (AvgIpc) is 2.10. The van der Waals surface area contributed by atoms with Crippen LogP contribution in [0.2, 0.25) is 0 Å². The quantitative estimate of drug-likeness (QED) is 0.693. The molecule has 3 unspecified atom stereocenters. The third kappa shape index (κ3) is 3.25. The van der Waals surface area contributed by atoms with E-state index in [4.69, 9.17) is 0 Å². The summed E-state index contributed by atoms with van der Waals surface area (Å²) >= 11 is 3.79. The monoisotopic (exact) mass is 247 g/mol. The second kappa shape index (κ2) is 5.35. The van der Waals surface area contributed by atoms with Crippen molar-refractivity contribution in [3.8, 4) is 0 Å². The number of alkyl halides is 1. The molecule has 0 spiro atoms. The van der Waals surface area contributed by atoms with Crippen molar-refractivity contribution in [2.75, 3.05) is 13.6 Å². The molecule has 0 N–H and O–H groups in total. The molecular formula is C11H22BrN. The van der Waals surface area contributed by atoms with E-state index < -0.39 is 0 Å². The van der Waals surface area contributed by atoms with Gasteiger partial charge in [0.1, 0.15) is 0 Å². The van der Waals surface area contributed by atoms with Crippen molar-refractivity contribution in [2.45, 2.75) is 50.4 Å². The summed E-state index contributed by atoms with van der Waals surface area (Å²) in [5, 5.41) is 0. The van der Waals surface area contributed by atoms with E-state index in [1.807, 2.05) is 0 Å². The Bertz CT molecular complexity index is 149. The summed E-state index contributed by atoms with van der Waals surface area (Å²) in [6.07, 6.45) is 5.38. The number of halogens is 1. The molecule has 1 saturated carbocycles. The van der Waals surface area contributed by atoms with Crippen LogP contribution in [0.3, 0.4) is 0 Å². The number of nitrogens with zero attached hydrogens (tertiary/aromatic N) is 1. The molecule has 0 amide bonds. The molecule has 0 radical (unpaired) electrons. The van der Waals surface area contributed by atoms with Crippen LogP contribution in [0.1, 0.15) is 39.5 Å². The van der Waals surface area contributed by atoms with Gasteiger partial charge in [0.2, 0.25) is 0 Å². The Morgan fingerprint density at radius 2 is 2.08 bits per heavy atom. The van der Waals surface area contributed by atoms with E-state index in [1.54, 1.807) is 0 Å². The normalized spacial score (nSPS) is 35.3. The Kier molecular flexibility index (Phi) is 4.74. The molecule has 2 heteroatoms. The van der Waals surface area contributed by atoms with Crippen LogP contribution in [-0.4, -0.2) is 29.4 Å². The molecule has 78 valence electrons. The highest BCUT2D eigenvalue weighted by Crippen LogP contribution is 2.31. The smallest absolute Gasteiger partial charge is 0.0186 e. The first-order valence-corrected chi connectivity index (χ1v) is 6.41. The predicted octanol–water partition coefficient (Wildman–Crippen LogP) is 3.28. The van der Waals surface area contributed by atoms with E-state index in [-0.39, 0.29) is 0 Å². The minimum Gasteiger partial charge on any atom is -0.303 e. The van der Waals surface area contributed by atoms with Gasteiger partial charge in [0, 0.05) is 10.9 Å². The Balaban J connectivity index is 2.36. The van der Waals surface area contributed by atoms with Gasteiger partial charge in [-0.1, -0.05) is 29.8 Å². The minimum atomic E-state index is 0.741. The van der Waals surface area contributed by atoms with Gasteiger partial charge in [-0.2, -0.15) is 0 Å². The summed E-state index contributed by atoms with van der Waals surface area (Å²) in [4.78, 5) is 3.27. The Labute approximate surface area is 91.0 Å². The summed E-state index contributed by atoms with van der Waals surface area (Å²) in [5.74, 6) is 0.867. The average molecular weight is 248 g/mol. The molecule has 0 saturated heterocycles. The zero-order valence-corrected chi connectivity index (χ0v) is 10.7. The third-order valence-electron chi connectivity index (χ3n) is 3.27. The van der Waals surface area contributed by atoms with Crippen molar-refractivity contribution >= 4 is 15.9 Å². The minimum absolute atomic E-state index is 0.741. The maximum absolute atomic E-state index is 3.79. The predicted molar refractivity (Wildman–Crippen MR) is 62.4 cm³/mol. The van der Waals surface area contributed by atoms with Crippen molar-refractivity contribution in [3.05, 3.63) is 0 Å². The largest absolute Gasteiger partial charge is 0.303 e. The molecule has 1 aliphatic rings. The molecule has 0 aromatic rings. The van der Waals surface area contributed by atoms with E-state index in [2.05, 4.69) is 41.7 Å². The summed E-state index contributed by atoms with van der Waals surface area (Å²) in [6.45, 7) is 5.86. The van der Waals surface area contributed by atoms with Gasteiger partial charge in [-0.05, 0) is 45.2 Å². The lowest BCUT2D eigenvalue weighted by Gasteiger charge is -2.36. The topological polar surface area (TPSA) is 3.24 Å². The van der Waals surface area contributed by atoms with Crippen molar-refractivity contribution in [1.82, 2.24) is 4.90 Å². The molecule has 1 fully saturated rings. The van der Waals surface area contributed by atoms with Crippen molar-refractivity contribution in [1.29, 1.82) is 0 Å². The van der Waals surface area contributed by atoms with E-state index in [0.717, 1.165) is 16.8 Å². The lowest BCUT2D eigenvalue weighted by molar-refractivity contribution is 0.176. The van der Waals surface area contributed by atoms with Gasteiger partial charge in [0.25, 0.3) is 0 Å². The zero-order chi connectivity index (χ0) is 9.84. The van der Waals surface area contributed by atoms with E-state index in [1.165, 1.54) is 32.2 Å². The van der Waals surface area contributed by atoms with Crippen molar-refractivity contribution < 1.29 is 0 Å². The van der Waals surface area contributed by atoms with Gasteiger partial charge >= 0.3 is 0 Å². The van der Waals surface area contributed by atoms with Crippen LogP contribution < -0.4 is 0 Å². The Morgan fingerprint density at radius 1 is 1.38 bits per heavy atom. The second-order valence-electron chi connectivity index (χ2n) is 4.44. The fourth-order valence-electron chi connectivity index (χ4n) is 2.18. The van der Waals surface area contributed by atoms with Gasteiger partial charge in [-0.25, -0.2) is 0 Å². The molecule has 0 bridgehead atoms. The van der Waals surface area contributed by atoms with Gasteiger partial charge in [-0.3, -0.25) is 0 Å². The third-order valence-corrected chi connectivity index (χ3v) is 4.55. The fourth-order valence-corrected chi connectivity index (χ4v) is 2.88. The molecule has 0 aromatic carbocycles. The van der Waals surface area contributed by atoms with E-state index in [0.29, 0.717) is 0 Å². The first-order valence-electron chi connectivity index (χ1n) is 5.49. The summed E-state index contributed by atoms with van der Waals surface area (Å²) in [5.41, 5.74) is 0. The van der Waals surface area contributed by atoms with Gasteiger partial charge in [0.15, 0.2) is 0 Å². The summed E-state index contributed by atoms with van der Waals surface area (Å²) in [6, 6.07) is 0.820. The van der Waals surface area contributed by atoms with Gasteiger partial charge < -0.3 is 4.90 Å². The summed E-state index contributed by atoms with van der Waals surface area (Å²) in [7, 11) is 2.27. The van der Waals surface area contributed by atoms with Gasteiger partial charge in [0.05, 0.1) is 0 Å². The van der Waals surface area contributed by atoms with Crippen LogP contribution in [0.5, 0.6) is 0 Å². The SMILES string of the molecule is CCCN(C)C1CCC(C)C(Br)C1. The first-order chi connectivity index (χ1) is 6.15. The standard InChI is InChI=1S/C11H22BrN/c1-4-7-13(3)10-6-5-9(2)11(12)8-10/h9-11H,4-8H2,1-3H3. The molecule has 0 aliphatic heterocycles. The summed E-state index contributed by atoms with van der Waals surface area (Å²) < 4.78 is 0. The molecule has 3 atom stereocenters. The highest BCUT2D eigenvalue weighted by Gasteiger charge is 2.27. The molecule has 1 nitrogen and oxygen atoms in total. The van der Waals surface area contributed by atoms with E-state index >= 15 is 0 Å². The Morgan fingerprint density at radius 3 is 2.62 bits per heavy atom. The second-order valence-corrected chi connectivity index (χ2v) is 5.62. The zero-order valence-electron chi connectivity index (χ0n) is 9.09. The molecule has 1 rings (SSSR count). The van der Waals surface area contributed by atoms with Crippen LogP contribution in [0, 0.1) is 5.92 Å². The highest BCUT2D eigenvalue weighted by atomic mass is 79.9.